The van der Waals surface area contributed by atoms with Crippen molar-refractivity contribution in [2.75, 3.05) is 19.6 Å². The van der Waals surface area contributed by atoms with Gasteiger partial charge in [0.1, 0.15) is 5.82 Å². The number of hydrazone groups is 1. The number of piperidine rings is 1. The molecule has 2 N–H and O–H groups in total. The van der Waals surface area contributed by atoms with Gasteiger partial charge in [0.15, 0.2) is 0 Å². The third kappa shape index (κ3) is 4.41. The van der Waals surface area contributed by atoms with E-state index in [0.29, 0.717) is 32.4 Å². The minimum absolute atomic E-state index is 0.0847. The van der Waals surface area contributed by atoms with Gasteiger partial charge < -0.3 is 5.73 Å². The van der Waals surface area contributed by atoms with E-state index < -0.39 is 0 Å². The fraction of sp³-hybridized carbons (Fsp3) is 0.348. The molecule has 1 atom stereocenters. The lowest BCUT2D eigenvalue weighted by molar-refractivity contribution is -0.134. The summed E-state index contributed by atoms with van der Waals surface area (Å²) < 4.78 is 13.3. The molecule has 0 radical (unpaired) electrons. The fourth-order valence-corrected chi connectivity index (χ4v) is 4.13. The quantitative estimate of drug-likeness (QED) is 0.826. The van der Waals surface area contributed by atoms with Gasteiger partial charge in [-0.15, -0.1) is 0 Å². The Morgan fingerprint density at radius 1 is 1.03 bits per heavy atom. The van der Waals surface area contributed by atoms with Crippen molar-refractivity contribution in [3.63, 3.8) is 0 Å². The van der Waals surface area contributed by atoms with Gasteiger partial charge in [0.05, 0.1) is 18.3 Å². The van der Waals surface area contributed by atoms with Crippen LogP contribution in [0.4, 0.5) is 4.39 Å². The van der Waals surface area contributed by atoms with Crippen molar-refractivity contribution in [1.29, 1.82) is 0 Å². The van der Waals surface area contributed by atoms with Crippen molar-refractivity contribution in [3.8, 4) is 0 Å². The number of hydrogen-bond donors (Lipinski definition) is 1. The van der Waals surface area contributed by atoms with Crippen LogP contribution in [-0.4, -0.2) is 47.1 Å². The number of primary amides is 1. The average Bonchev–Trinajstić information content (AvgIpc) is 3.21. The molecule has 2 aromatic carbocycles. The van der Waals surface area contributed by atoms with Gasteiger partial charge in [-0.05, 0) is 49.2 Å². The molecular weight excluding hydrogens is 383 g/mol. The maximum Gasteiger partial charge on any atom is 0.257 e. The molecule has 0 aliphatic carbocycles. The number of halogens is 1. The first-order valence-electron chi connectivity index (χ1n) is 10.2. The Labute approximate surface area is 175 Å². The average molecular weight is 408 g/mol. The number of rotatable bonds is 5. The maximum atomic E-state index is 13.3. The standard InChI is InChI=1S/C23H25FN4O2/c24-19-8-6-16(7-9-19)20-14-21(17-4-2-1-3-5-17)28(26-20)22(29)15-27-12-10-18(11-13-27)23(25)30/h1-9,18,21H,10-15H2,(H2,25,30)/t21-/m1/s1. The molecule has 2 aliphatic heterocycles. The summed E-state index contributed by atoms with van der Waals surface area (Å²) in [6.07, 6.45) is 1.93. The van der Waals surface area contributed by atoms with Gasteiger partial charge in [-0.3, -0.25) is 14.5 Å². The van der Waals surface area contributed by atoms with Gasteiger partial charge in [0.25, 0.3) is 5.91 Å². The number of carbonyl (C=O) groups excluding carboxylic acids is 2. The summed E-state index contributed by atoms with van der Waals surface area (Å²) >= 11 is 0. The molecule has 156 valence electrons. The lowest BCUT2D eigenvalue weighted by Crippen LogP contribution is -2.43. The largest absolute Gasteiger partial charge is 0.369 e. The van der Waals surface area contributed by atoms with Crippen LogP contribution < -0.4 is 5.73 Å². The number of carbonyl (C=O) groups is 2. The maximum absolute atomic E-state index is 13.3. The number of hydrogen-bond acceptors (Lipinski definition) is 4. The third-order valence-corrected chi connectivity index (χ3v) is 5.88. The van der Waals surface area contributed by atoms with Gasteiger partial charge >= 0.3 is 0 Å². The van der Waals surface area contributed by atoms with E-state index in [1.54, 1.807) is 17.1 Å². The molecule has 0 spiro atoms. The van der Waals surface area contributed by atoms with Crippen LogP contribution in [0.1, 0.15) is 36.4 Å². The van der Waals surface area contributed by atoms with E-state index in [2.05, 4.69) is 10.0 Å². The summed E-state index contributed by atoms with van der Waals surface area (Å²) in [7, 11) is 0. The number of nitrogens with zero attached hydrogens (tertiary/aromatic N) is 3. The molecule has 2 amide bonds. The molecule has 2 heterocycles. The molecule has 1 saturated heterocycles. The lowest BCUT2D eigenvalue weighted by atomic mass is 9.96. The van der Waals surface area contributed by atoms with E-state index in [-0.39, 0.29) is 36.1 Å². The van der Waals surface area contributed by atoms with Crippen LogP contribution in [0, 0.1) is 11.7 Å². The van der Waals surface area contributed by atoms with Crippen LogP contribution in [0.2, 0.25) is 0 Å². The van der Waals surface area contributed by atoms with Crippen molar-refractivity contribution >= 4 is 17.5 Å². The third-order valence-electron chi connectivity index (χ3n) is 5.88. The van der Waals surface area contributed by atoms with Crippen molar-refractivity contribution in [2.45, 2.75) is 25.3 Å². The molecule has 30 heavy (non-hydrogen) atoms. The Bertz CT molecular complexity index is 937. The Morgan fingerprint density at radius 2 is 1.70 bits per heavy atom. The van der Waals surface area contributed by atoms with Gasteiger partial charge in [0.2, 0.25) is 5.91 Å². The summed E-state index contributed by atoms with van der Waals surface area (Å²) in [5, 5.41) is 6.20. The van der Waals surface area contributed by atoms with Crippen molar-refractivity contribution in [3.05, 3.63) is 71.5 Å². The van der Waals surface area contributed by atoms with Gasteiger partial charge in [-0.2, -0.15) is 5.10 Å². The Kier molecular flexibility index (Phi) is 5.90. The van der Waals surface area contributed by atoms with E-state index in [0.717, 1.165) is 16.8 Å². The van der Waals surface area contributed by atoms with E-state index in [9.17, 15) is 14.0 Å². The first kappa shape index (κ1) is 20.2. The van der Waals surface area contributed by atoms with E-state index >= 15 is 0 Å². The topological polar surface area (TPSA) is 79.0 Å². The van der Waals surface area contributed by atoms with Crippen LogP contribution in [-0.2, 0) is 9.59 Å². The van der Waals surface area contributed by atoms with E-state index in [1.165, 1.54) is 12.1 Å². The summed E-state index contributed by atoms with van der Waals surface area (Å²) in [5.74, 6) is -0.760. The summed E-state index contributed by atoms with van der Waals surface area (Å²) in [4.78, 5) is 26.6. The van der Waals surface area contributed by atoms with Crippen LogP contribution in [0.15, 0.2) is 59.7 Å². The minimum Gasteiger partial charge on any atom is -0.369 e. The first-order chi connectivity index (χ1) is 14.5. The Balaban J connectivity index is 1.52. The number of amides is 2. The summed E-state index contributed by atoms with van der Waals surface area (Å²) in [6, 6.07) is 15.8. The lowest BCUT2D eigenvalue weighted by Gasteiger charge is -2.31. The van der Waals surface area contributed by atoms with Gasteiger partial charge in [-0.1, -0.05) is 42.5 Å². The molecule has 1 fully saturated rings. The predicted molar refractivity (Wildman–Crippen MR) is 112 cm³/mol. The zero-order chi connectivity index (χ0) is 21.1. The molecule has 7 heteroatoms. The van der Waals surface area contributed by atoms with Crippen LogP contribution >= 0.6 is 0 Å². The highest BCUT2D eigenvalue weighted by Crippen LogP contribution is 2.33. The molecule has 2 aromatic rings. The molecular formula is C23H25FN4O2. The summed E-state index contributed by atoms with van der Waals surface area (Å²) in [5.41, 5.74) is 8.00. The molecule has 0 bridgehead atoms. The summed E-state index contributed by atoms with van der Waals surface area (Å²) in [6.45, 7) is 1.57. The van der Waals surface area contributed by atoms with Crippen molar-refractivity contribution in [1.82, 2.24) is 9.91 Å². The van der Waals surface area contributed by atoms with Crippen LogP contribution in [0.5, 0.6) is 0 Å². The Morgan fingerprint density at radius 3 is 2.33 bits per heavy atom. The number of likely N-dealkylation sites (tertiary alicyclic amines) is 1. The normalized spacial score (nSPS) is 20.2. The van der Waals surface area contributed by atoms with E-state index in [1.807, 2.05) is 30.3 Å². The zero-order valence-electron chi connectivity index (χ0n) is 16.7. The van der Waals surface area contributed by atoms with Crippen molar-refractivity contribution in [2.24, 2.45) is 16.8 Å². The molecule has 4 rings (SSSR count). The fourth-order valence-electron chi connectivity index (χ4n) is 4.13. The van der Waals surface area contributed by atoms with Gasteiger partial charge in [0, 0.05) is 12.3 Å². The zero-order valence-corrected chi connectivity index (χ0v) is 16.7. The molecule has 0 aromatic heterocycles. The second-order valence-electron chi connectivity index (χ2n) is 7.88. The number of benzene rings is 2. The minimum atomic E-state index is -0.302. The van der Waals surface area contributed by atoms with Gasteiger partial charge in [-0.25, -0.2) is 9.40 Å². The van der Waals surface area contributed by atoms with Crippen LogP contribution in [0.25, 0.3) is 0 Å². The second-order valence-corrected chi connectivity index (χ2v) is 7.88. The highest BCUT2D eigenvalue weighted by Gasteiger charge is 2.34. The predicted octanol–water partition coefficient (Wildman–Crippen LogP) is 2.70. The SMILES string of the molecule is NC(=O)C1CCN(CC(=O)N2N=C(c3ccc(F)cc3)C[C@@H]2c2ccccc2)CC1. The first-order valence-corrected chi connectivity index (χ1v) is 10.2. The molecule has 2 aliphatic rings. The molecule has 0 saturated carbocycles. The Hall–Kier alpha value is -3.06. The smallest absolute Gasteiger partial charge is 0.257 e. The molecule has 0 unspecified atom stereocenters. The highest BCUT2D eigenvalue weighted by atomic mass is 19.1. The van der Waals surface area contributed by atoms with Crippen molar-refractivity contribution < 1.29 is 14.0 Å². The highest BCUT2D eigenvalue weighted by molar-refractivity contribution is 6.03. The number of nitrogens with two attached hydrogens (primary N) is 1. The molecule has 6 nitrogen and oxygen atoms in total. The van der Waals surface area contributed by atoms with Crippen LogP contribution in [0.3, 0.4) is 0 Å². The monoisotopic (exact) mass is 408 g/mol. The van der Waals surface area contributed by atoms with E-state index in [4.69, 9.17) is 5.73 Å². The second kappa shape index (κ2) is 8.75.